The van der Waals surface area contributed by atoms with Gasteiger partial charge in [0.05, 0.1) is 0 Å². The SMILES string of the molecule is CC(C)CC(=O)NC1CCCCC1. The Balaban J connectivity index is 2.18. The quantitative estimate of drug-likeness (QED) is 0.715. The van der Waals surface area contributed by atoms with Crippen LogP contribution in [0, 0.1) is 5.92 Å². The molecule has 0 saturated heterocycles. The van der Waals surface area contributed by atoms with Crippen molar-refractivity contribution in [1.82, 2.24) is 5.32 Å². The first-order chi connectivity index (χ1) is 6.18. The van der Waals surface area contributed by atoms with Gasteiger partial charge in [-0.25, -0.2) is 0 Å². The van der Waals surface area contributed by atoms with Gasteiger partial charge in [-0.05, 0) is 18.8 Å². The van der Waals surface area contributed by atoms with E-state index in [1.807, 2.05) is 0 Å². The molecule has 1 amide bonds. The molecule has 0 bridgehead atoms. The number of rotatable bonds is 3. The van der Waals surface area contributed by atoms with Crippen molar-refractivity contribution in [3.8, 4) is 0 Å². The van der Waals surface area contributed by atoms with Crippen LogP contribution in [0.25, 0.3) is 0 Å². The van der Waals surface area contributed by atoms with Crippen molar-refractivity contribution in [1.29, 1.82) is 0 Å². The molecule has 0 aromatic carbocycles. The van der Waals surface area contributed by atoms with Crippen molar-refractivity contribution in [3.05, 3.63) is 0 Å². The number of nitrogens with one attached hydrogen (secondary N) is 1. The van der Waals surface area contributed by atoms with Gasteiger partial charge in [0.2, 0.25) is 5.91 Å². The molecule has 1 aliphatic rings. The molecule has 0 aromatic rings. The molecular weight excluding hydrogens is 162 g/mol. The third kappa shape index (κ3) is 4.30. The Bertz CT molecular complexity index is 159. The van der Waals surface area contributed by atoms with Crippen molar-refractivity contribution < 1.29 is 4.79 Å². The Morgan fingerprint density at radius 2 is 1.92 bits per heavy atom. The fourth-order valence-electron chi connectivity index (χ4n) is 1.90. The summed E-state index contributed by atoms with van der Waals surface area (Å²) in [7, 11) is 0. The zero-order valence-electron chi connectivity index (χ0n) is 8.81. The molecule has 1 saturated carbocycles. The topological polar surface area (TPSA) is 29.1 Å². The van der Waals surface area contributed by atoms with Gasteiger partial charge in [-0.1, -0.05) is 33.1 Å². The molecule has 1 fully saturated rings. The summed E-state index contributed by atoms with van der Waals surface area (Å²) >= 11 is 0. The number of hydrogen-bond acceptors (Lipinski definition) is 1. The Morgan fingerprint density at radius 1 is 1.31 bits per heavy atom. The van der Waals surface area contributed by atoms with E-state index in [1.165, 1.54) is 32.1 Å². The molecule has 76 valence electrons. The molecule has 0 aliphatic heterocycles. The molecular formula is C11H21NO. The highest BCUT2D eigenvalue weighted by Crippen LogP contribution is 2.17. The van der Waals surface area contributed by atoms with E-state index in [2.05, 4.69) is 19.2 Å². The van der Waals surface area contributed by atoms with Crippen LogP contribution in [0.5, 0.6) is 0 Å². The lowest BCUT2D eigenvalue weighted by Gasteiger charge is -2.23. The van der Waals surface area contributed by atoms with Crippen LogP contribution in [0.4, 0.5) is 0 Å². The van der Waals surface area contributed by atoms with Crippen LogP contribution in [0.1, 0.15) is 52.4 Å². The molecule has 1 N–H and O–H groups in total. The average Bonchev–Trinajstić information content (AvgIpc) is 2.04. The van der Waals surface area contributed by atoms with Gasteiger partial charge in [-0.2, -0.15) is 0 Å². The Morgan fingerprint density at radius 3 is 2.46 bits per heavy atom. The van der Waals surface area contributed by atoms with Gasteiger partial charge >= 0.3 is 0 Å². The minimum Gasteiger partial charge on any atom is -0.353 e. The maximum Gasteiger partial charge on any atom is 0.220 e. The minimum absolute atomic E-state index is 0.238. The summed E-state index contributed by atoms with van der Waals surface area (Å²) in [5.74, 6) is 0.713. The van der Waals surface area contributed by atoms with E-state index in [0.29, 0.717) is 18.4 Å². The van der Waals surface area contributed by atoms with Crippen LogP contribution in [-0.2, 0) is 4.79 Å². The summed E-state index contributed by atoms with van der Waals surface area (Å²) in [5, 5.41) is 3.11. The lowest BCUT2D eigenvalue weighted by atomic mass is 9.95. The summed E-state index contributed by atoms with van der Waals surface area (Å²) in [4.78, 5) is 11.4. The maximum absolute atomic E-state index is 11.4. The Labute approximate surface area is 81.1 Å². The van der Waals surface area contributed by atoms with Crippen molar-refractivity contribution in [2.75, 3.05) is 0 Å². The van der Waals surface area contributed by atoms with E-state index >= 15 is 0 Å². The highest BCUT2D eigenvalue weighted by atomic mass is 16.1. The summed E-state index contributed by atoms with van der Waals surface area (Å²) in [6.45, 7) is 4.17. The number of carbonyl (C=O) groups is 1. The molecule has 13 heavy (non-hydrogen) atoms. The van der Waals surface area contributed by atoms with Crippen LogP contribution in [0.15, 0.2) is 0 Å². The van der Waals surface area contributed by atoms with Crippen molar-refractivity contribution in [2.45, 2.75) is 58.4 Å². The van der Waals surface area contributed by atoms with Gasteiger partial charge < -0.3 is 5.32 Å². The zero-order valence-corrected chi connectivity index (χ0v) is 8.81. The van der Waals surface area contributed by atoms with E-state index < -0.39 is 0 Å². The first-order valence-electron chi connectivity index (χ1n) is 5.48. The first-order valence-corrected chi connectivity index (χ1v) is 5.48. The van der Waals surface area contributed by atoms with E-state index in [0.717, 1.165) is 0 Å². The van der Waals surface area contributed by atoms with E-state index in [1.54, 1.807) is 0 Å². The first kappa shape index (κ1) is 10.6. The fourth-order valence-corrected chi connectivity index (χ4v) is 1.90. The summed E-state index contributed by atoms with van der Waals surface area (Å²) in [5.41, 5.74) is 0. The smallest absolute Gasteiger partial charge is 0.220 e. The third-order valence-electron chi connectivity index (χ3n) is 2.56. The lowest BCUT2D eigenvalue weighted by molar-refractivity contribution is -0.122. The average molecular weight is 183 g/mol. The lowest BCUT2D eigenvalue weighted by Crippen LogP contribution is -2.36. The van der Waals surface area contributed by atoms with E-state index in [9.17, 15) is 4.79 Å². The highest BCUT2D eigenvalue weighted by molar-refractivity contribution is 5.76. The van der Waals surface area contributed by atoms with Gasteiger partial charge in [-0.15, -0.1) is 0 Å². The van der Waals surface area contributed by atoms with Gasteiger partial charge in [0.15, 0.2) is 0 Å². The van der Waals surface area contributed by atoms with Crippen molar-refractivity contribution in [3.63, 3.8) is 0 Å². The van der Waals surface area contributed by atoms with Crippen molar-refractivity contribution >= 4 is 5.91 Å². The fraction of sp³-hybridized carbons (Fsp3) is 0.909. The van der Waals surface area contributed by atoms with Gasteiger partial charge in [0.1, 0.15) is 0 Å². The minimum atomic E-state index is 0.238. The van der Waals surface area contributed by atoms with Gasteiger partial charge in [0.25, 0.3) is 0 Å². The molecule has 0 atom stereocenters. The van der Waals surface area contributed by atoms with Crippen molar-refractivity contribution in [2.24, 2.45) is 5.92 Å². The Kier molecular flexibility index (Phi) is 4.26. The monoisotopic (exact) mass is 183 g/mol. The summed E-state index contributed by atoms with van der Waals surface area (Å²) in [6, 6.07) is 0.472. The summed E-state index contributed by atoms with van der Waals surface area (Å²) < 4.78 is 0. The van der Waals surface area contributed by atoms with Crippen LogP contribution < -0.4 is 5.32 Å². The van der Waals surface area contributed by atoms with Crippen LogP contribution in [0.3, 0.4) is 0 Å². The second kappa shape index (κ2) is 5.25. The second-order valence-electron chi connectivity index (χ2n) is 4.50. The highest BCUT2D eigenvalue weighted by Gasteiger charge is 2.15. The van der Waals surface area contributed by atoms with Crippen LogP contribution in [0.2, 0.25) is 0 Å². The summed E-state index contributed by atoms with van der Waals surface area (Å²) in [6.07, 6.45) is 6.96. The molecule has 0 aromatic heterocycles. The maximum atomic E-state index is 11.4. The van der Waals surface area contributed by atoms with Gasteiger partial charge in [-0.3, -0.25) is 4.79 Å². The molecule has 0 unspecified atom stereocenters. The number of amides is 1. The predicted octanol–water partition coefficient (Wildman–Crippen LogP) is 2.48. The molecule has 0 heterocycles. The number of hydrogen-bond donors (Lipinski definition) is 1. The normalized spacial score (nSPS) is 19.0. The standard InChI is InChI=1S/C11H21NO/c1-9(2)8-11(13)12-10-6-4-3-5-7-10/h9-10H,3-8H2,1-2H3,(H,12,13). The van der Waals surface area contributed by atoms with E-state index in [-0.39, 0.29) is 5.91 Å². The predicted molar refractivity (Wildman–Crippen MR) is 54.5 cm³/mol. The second-order valence-corrected chi connectivity index (χ2v) is 4.50. The Hall–Kier alpha value is -0.530. The van der Waals surface area contributed by atoms with Crippen LogP contribution >= 0.6 is 0 Å². The van der Waals surface area contributed by atoms with E-state index in [4.69, 9.17) is 0 Å². The molecule has 0 radical (unpaired) electrons. The zero-order chi connectivity index (χ0) is 9.68. The largest absolute Gasteiger partial charge is 0.353 e. The van der Waals surface area contributed by atoms with Crippen LogP contribution in [-0.4, -0.2) is 11.9 Å². The molecule has 1 rings (SSSR count). The molecule has 2 heteroatoms. The molecule has 0 spiro atoms. The number of carbonyl (C=O) groups excluding carboxylic acids is 1. The molecule has 2 nitrogen and oxygen atoms in total. The van der Waals surface area contributed by atoms with Gasteiger partial charge in [0, 0.05) is 12.5 Å². The molecule has 1 aliphatic carbocycles. The third-order valence-corrected chi connectivity index (χ3v) is 2.56.